The van der Waals surface area contributed by atoms with Crippen LogP contribution in [0.15, 0.2) is 18.2 Å². The first kappa shape index (κ1) is 11.7. The summed E-state index contributed by atoms with van der Waals surface area (Å²) in [5.41, 5.74) is 1.05. The summed E-state index contributed by atoms with van der Waals surface area (Å²) in [6, 6.07) is 5.57. The number of hydrogen-bond donors (Lipinski definition) is 0. The van der Waals surface area contributed by atoms with Crippen molar-refractivity contribution in [2.75, 3.05) is 6.61 Å². The van der Waals surface area contributed by atoms with Crippen LogP contribution in [0.25, 0.3) is 0 Å². The van der Waals surface area contributed by atoms with Gasteiger partial charge in [-0.3, -0.25) is 0 Å². The van der Waals surface area contributed by atoms with Crippen molar-refractivity contribution in [2.45, 2.75) is 23.8 Å². The second kappa shape index (κ2) is 5.05. The van der Waals surface area contributed by atoms with Crippen LogP contribution < -0.4 is 0 Å². The van der Waals surface area contributed by atoms with Crippen LogP contribution in [-0.4, -0.2) is 12.7 Å². The standard InChI is InChI=1S/C11H11BrCl2O/c12-11(10-2-1-5-15-10)8-4-3-7(13)6-9(8)14/h3-4,6,10-11H,1-2,5H2. The quantitative estimate of drug-likeness (QED) is 0.725. The van der Waals surface area contributed by atoms with Crippen molar-refractivity contribution in [3.8, 4) is 0 Å². The Balaban J connectivity index is 2.20. The zero-order valence-electron chi connectivity index (χ0n) is 8.05. The van der Waals surface area contributed by atoms with E-state index in [1.807, 2.05) is 12.1 Å². The van der Waals surface area contributed by atoms with Gasteiger partial charge in [-0.2, -0.15) is 0 Å². The molecule has 1 aliphatic rings. The second-order valence-corrected chi connectivity index (χ2v) is 5.45. The summed E-state index contributed by atoms with van der Waals surface area (Å²) in [5, 5.41) is 1.36. The number of alkyl halides is 1. The first-order chi connectivity index (χ1) is 7.18. The highest BCUT2D eigenvalue weighted by molar-refractivity contribution is 9.09. The Morgan fingerprint density at radius 1 is 1.40 bits per heavy atom. The Kier molecular flexibility index (Phi) is 3.94. The maximum atomic E-state index is 6.13. The third kappa shape index (κ3) is 2.68. The molecule has 0 bridgehead atoms. The number of benzene rings is 1. The molecule has 1 aliphatic heterocycles. The van der Waals surface area contributed by atoms with E-state index >= 15 is 0 Å². The molecule has 82 valence electrons. The molecule has 1 nitrogen and oxygen atoms in total. The lowest BCUT2D eigenvalue weighted by molar-refractivity contribution is 0.110. The summed E-state index contributed by atoms with van der Waals surface area (Å²) in [7, 11) is 0. The fraction of sp³-hybridized carbons (Fsp3) is 0.455. The lowest BCUT2D eigenvalue weighted by Crippen LogP contribution is -2.12. The lowest BCUT2D eigenvalue weighted by atomic mass is 10.1. The van der Waals surface area contributed by atoms with Gasteiger partial charge in [0.15, 0.2) is 0 Å². The SMILES string of the molecule is Clc1ccc(C(Br)C2CCCO2)c(Cl)c1. The van der Waals surface area contributed by atoms with Crippen molar-refractivity contribution in [3.05, 3.63) is 33.8 Å². The molecule has 2 atom stereocenters. The van der Waals surface area contributed by atoms with Gasteiger partial charge in [0, 0.05) is 16.7 Å². The minimum atomic E-state index is 0.157. The van der Waals surface area contributed by atoms with Crippen molar-refractivity contribution in [1.29, 1.82) is 0 Å². The Morgan fingerprint density at radius 3 is 2.80 bits per heavy atom. The summed E-state index contributed by atoms with van der Waals surface area (Å²) in [6.45, 7) is 0.845. The van der Waals surface area contributed by atoms with E-state index in [4.69, 9.17) is 27.9 Å². The fourth-order valence-electron chi connectivity index (χ4n) is 1.76. The van der Waals surface area contributed by atoms with Crippen LogP contribution >= 0.6 is 39.1 Å². The summed E-state index contributed by atoms with van der Waals surface area (Å²) in [4.78, 5) is 0.157. The molecule has 0 saturated carbocycles. The topological polar surface area (TPSA) is 9.23 Å². The smallest absolute Gasteiger partial charge is 0.0742 e. The van der Waals surface area contributed by atoms with E-state index in [9.17, 15) is 0 Å². The molecular weight excluding hydrogens is 299 g/mol. The van der Waals surface area contributed by atoms with Crippen molar-refractivity contribution >= 4 is 39.1 Å². The number of hydrogen-bond acceptors (Lipinski definition) is 1. The Morgan fingerprint density at radius 2 is 2.20 bits per heavy atom. The number of halogens is 3. The van der Waals surface area contributed by atoms with E-state index in [1.54, 1.807) is 6.07 Å². The van der Waals surface area contributed by atoms with Crippen LogP contribution in [0.3, 0.4) is 0 Å². The van der Waals surface area contributed by atoms with E-state index in [-0.39, 0.29) is 10.9 Å². The van der Waals surface area contributed by atoms with Crippen molar-refractivity contribution in [1.82, 2.24) is 0 Å². The van der Waals surface area contributed by atoms with Gasteiger partial charge >= 0.3 is 0 Å². The third-order valence-corrected chi connectivity index (χ3v) is 4.20. The van der Waals surface area contributed by atoms with Gasteiger partial charge in [-0.15, -0.1) is 0 Å². The molecule has 15 heavy (non-hydrogen) atoms. The van der Waals surface area contributed by atoms with Crippen LogP contribution in [0.4, 0.5) is 0 Å². The Bertz CT molecular complexity index is 350. The molecule has 1 aromatic rings. The molecule has 2 rings (SSSR count). The zero-order chi connectivity index (χ0) is 10.8. The van der Waals surface area contributed by atoms with E-state index in [1.165, 1.54) is 0 Å². The highest BCUT2D eigenvalue weighted by Gasteiger charge is 2.26. The molecule has 1 fully saturated rings. The molecule has 0 radical (unpaired) electrons. The number of ether oxygens (including phenoxy) is 1. The summed E-state index contributed by atoms with van der Waals surface area (Å²) in [5.74, 6) is 0. The minimum absolute atomic E-state index is 0.157. The van der Waals surface area contributed by atoms with Crippen LogP contribution in [0.2, 0.25) is 10.0 Å². The highest BCUT2D eigenvalue weighted by Crippen LogP contribution is 2.38. The molecule has 4 heteroatoms. The van der Waals surface area contributed by atoms with Crippen LogP contribution in [0.5, 0.6) is 0 Å². The van der Waals surface area contributed by atoms with Gasteiger partial charge < -0.3 is 4.74 Å². The molecule has 0 amide bonds. The third-order valence-electron chi connectivity index (χ3n) is 2.55. The molecule has 1 aromatic carbocycles. The first-order valence-corrected chi connectivity index (χ1v) is 6.56. The number of rotatable bonds is 2. The van der Waals surface area contributed by atoms with E-state index in [0.29, 0.717) is 10.0 Å². The van der Waals surface area contributed by atoms with Gasteiger partial charge in [-0.25, -0.2) is 0 Å². The first-order valence-electron chi connectivity index (χ1n) is 4.89. The molecule has 0 spiro atoms. The fourth-order valence-corrected chi connectivity index (χ4v) is 3.23. The Hall–Kier alpha value is 0.240. The summed E-state index contributed by atoms with van der Waals surface area (Å²) < 4.78 is 5.62. The average molecular weight is 310 g/mol. The normalized spacial score (nSPS) is 23.0. The lowest BCUT2D eigenvalue weighted by Gasteiger charge is -2.18. The molecule has 0 aromatic heterocycles. The van der Waals surface area contributed by atoms with Crippen molar-refractivity contribution in [2.24, 2.45) is 0 Å². The van der Waals surface area contributed by atoms with Crippen LogP contribution in [0, 0.1) is 0 Å². The van der Waals surface area contributed by atoms with Gasteiger partial charge in [0.25, 0.3) is 0 Å². The van der Waals surface area contributed by atoms with Crippen LogP contribution in [-0.2, 0) is 4.74 Å². The maximum Gasteiger partial charge on any atom is 0.0742 e. The van der Waals surface area contributed by atoms with Gasteiger partial charge in [-0.1, -0.05) is 45.2 Å². The minimum Gasteiger partial charge on any atom is -0.377 e. The molecule has 1 saturated heterocycles. The average Bonchev–Trinajstić information content (AvgIpc) is 2.69. The van der Waals surface area contributed by atoms with E-state index in [0.717, 1.165) is 25.0 Å². The molecule has 0 aliphatic carbocycles. The van der Waals surface area contributed by atoms with E-state index < -0.39 is 0 Å². The predicted molar refractivity (Wildman–Crippen MR) is 67.1 cm³/mol. The summed E-state index contributed by atoms with van der Waals surface area (Å²) >= 11 is 15.6. The van der Waals surface area contributed by atoms with E-state index in [2.05, 4.69) is 15.9 Å². The van der Waals surface area contributed by atoms with Gasteiger partial charge in [0.2, 0.25) is 0 Å². The highest BCUT2D eigenvalue weighted by atomic mass is 79.9. The second-order valence-electron chi connectivity index (χ2n) is 3.62. The monoisotopic (exact) mass is 308 g/mol. The maximum absolute atomic E-state index is 6.13. The Labute approximate surface area is 108 Å². The predicted octanol–water partition coefficient (Wildman–Crippen LogP) is 4.61. The van der Waals surface area contributed by atoms with Gasteiger partial charge in [-0.05, 0) is 30.5 Å². The van der Waals surface area contributed by atoms with Gasteiger partial charge in [0.05, 0.1) is 10.9 Å². The van der Waals surface area contributed by atoms with Crippen molar-refractivity contribution in [3.63, 3.8) is 0 Å². The molecular formula is C11H11BrCl2O. The largest absolute Gasteiger partial charge is 0.377 e. The van der Waals surface area contributed by atoms with Crippen molar-refractivity contribution < 1.29 is 4.74 Å². The molecule has 1 heterocycles. The molecule has 0 N–H and O–H groups in total. The zero-order valence-corrected chi connectivity index (χ0v) is 11.1. The molecule has 2 unspecified atom stereocenters. The van der Waals surface area contributed by atoms with Crippen LogP contribution in [0.1, 0.15) is 23.2 Å². The summed E-state index contributed by atoms with van der Waals surface area (Å²) in [6.07, 6.45) is 2.43. The van der Waals surface area contributed by atoms with Gasteiger partial charge in [0.1, 0.15) is 0 Å².